The molecule has 0 bridgehead atoms. The monoisotopic (exact) mass is 309 g/mol. The minimum absolute atomic E-state index is 0. The van der Waals surface area contributed by atoms with E-state index in [1.165, 1.54) is 6.33 Å². The third kappa shape index (κ3) is 5.53. The van der Waals surface area contributed by atoms with Gasteiger partial charge in [-0.1, -0.05) is 12.1 Å². The highest BCUT2D eigenvalue weighted by Crippen LogP contribution is 2.08. The van der Waals surface area contributed by atoms with E-state index in [0.717, 1.165) is 24.2 Å². The maximum absolute atomic E-state index is 11.6. The lowest BCUT2D eigenvalue weighted by Crippen LogP contribution is -2.23. The Morgan fingerprint density at radius 2 is 2.24 bits per heavy atom. The van der Waals surface area contributed by atoms with Gasteiger partial charge in [0.05, 0.1) is 5.69 Å². The Labute approximate surface area is 130 Å². The molecule has 7 heteroatoms. The maximum Gasteiger partial charge on any atom is 0.220 e. The van der Waals surface area contributed by atoms with Crippen LogP contribution in [0.15, 0.2) is 36.9 Å². The van der Waals surface area contributed by atoms with Crippen LogP contribution in [-0.4, -0.2) is 34.3 Å². The fourth-order valence-electron chi connectivity index (χ4n) is 1.87. The van der Waals surface area contributed by atoms with Crippen LogP contribution in [0.2, 0.25) is 0 Å². The SMILES string of the molecule is CNCCCC(=O)NCc1cccc(-n2cncn2)c1.Cl. The van der Waals surface area contributed by atoms with E-state index < -0.39 is 0 Å². The number of carbonyl (C=O) groups is 1. The van der Waals surface area contributed by atoms with Gasteiger partial charge in [0.15, 0.2) is 0 Å². The molecular formula is C14H20ClN5O. The van der Waals surface area contributed by atoms with Crippen molar-refractivity contribution >= 4 is 18.3 Å². The molecule has 1 aromatic carbocycles. The molecular weight excluding hydrogens is 290 g/mol. The van der Waals surface area contributed by atoms with Crippen molar-refractivity contribution in [3.8, 4) is 5.69 Å². The van der Waals surface area contributed by atoms with Gasteiger partial charge < -0.3 is 10.6 Å². The highest BCUT2D eigenvalue weighted by molar-refractivity contribution is 5.85. The molecule has 0 unspecified atom stereocenters. The molecule has 21 heavy (non-hydrogen) atoms. The second-order valence-electron chi connectivity index (χ2n) is 4.49. The predicted molar refractivity (Wildman–Crippen MR) is 83.6 cm³/mol. The minimum atomic E-state index is 0. The first-order valence-corrected chi connectivity index (χ1v) is 6.65. The van der Waals surface area contributed by atoms with E-state index in [4.69, 9.17) is 0 Å². The van der Waals surface area contributed by atoms with Crippen LogP contribution in [0.25, 0.3) is 5.69 Å². The maximum atomic E-state index is 11.6. The van der Waals surface area contributed by atoms with Gasteiger partial charge in [-0.3, -0.25) is 4.79 Å². The highest BCUT2D eigenvalue weighted by Gasteiger charge is 2.02. The van der Waals surface area contributed by atoms with Gasteiger partial charge in [0, 0.05) is 13.0 Å². The summed E-state index contributed by atoms with van der Waals surface area (Å²) in [7, 11) is 1.88. The van der Waals surface area contributed by atoms with Crippen molar-refractivity contribution in [3.63, 3.8) is 0 Å². The van der Waals surface area contributed by atoms with E-state index in [9.17, 15) is 4.79 Å². The van der Waals surface area contributed by atoms with E-state index in [1.807, 2.05) is 31.3 Å². The number of halogens is 1. The summed E-state index contributed by atoms with van der Waals surface area (Å²) >= 11 is 0. The molecule has 1 heterocycles. The quantitative estimate of drug-likeness (QED) is 0.756. The van der Waals surface area contributed by atoms with Gasteiger partial charge >= 0.3 is 0 Å². The largest absolute Gasteiger partial charge is 0.352 e. The molecule has 0 fully saturated rings. The van der Waals surface area contributed by atoms with E-state index in [0.29, 0.717) is 13.0 Å². The van der Waals surface area contributed by atoms with Gasteiger partial charge in [-0.05, 0) is 37.7 Å². The Morgan fingerprint density at radius 3 is 2.95 bits per heavy atom. The first-order valence-electron chi connectivity index (χ1n) is 6.65. The van der Waals surface area contributed by atoms with Crippen LogP contribution in [-0.2, 0) is 11.3 Å². The van der Waals surface area contributed by atoms with Crippen LogP contribution < -0.4 is 10.6 Å². The number of hydrogen-bond donors (Lipinski definition) is 2. The molecule has 2 rings (SSSR count). The molecule has 0 spiro atoms. The summed E-state index contributed by atoms with van der Waals surface area (Å²) < 4.78 is 1.69. The molecule has 0 saturated heterocycles. The topological polar surface area (TPSA) is 71.8 Å². The molecule has 6 nitrogen and oxygen atoms in total. The van der Waals surface area contributed by atoms with Crippen LogP contribution in [0.4, 0.5) is 0 Å². The van der Waals surface area contributed by atoms with Crippen LogP contribution in [0.5, 0.6) is 0 Å². The molecule has 1 aromatic heterocycles. The molecule has 0 radical (unpaired) electrons. The summed E-state index contributed by atoms with van der Waals surface area (Å²) in [5, 5.41) is 10.0. The third-order valence-electron chi connectivity index (χ3n) is 2.91. The van der Waals surface area contributed by atoms with Gasteiger partial charge in [0.2, 0.25) is 5.91 Å². The van der Waals surface area contributed by atoms with Crippen LogP contribution >= 0.6 is 12.4 Å². The van der Waals surface area contributed by atoms with Crippen molar-refractivity contribution < 1.29 is 4.79 Å². The number of aromatic nitrogens is 3. The number of benzene rings is 1. The standard InChI is InChI=1S/C14H19N5O.ClH/c1-15-7-3-6-14(20)17-9-12-4-2-5-13(8-12)19-11-16-10-18-19;/h2,4-5,8,10-11,15H,3,6-7,9H2,1H3,(H,17,20);1H. The highest BCUT2D eigenvalue weighted by atomic mass is 35.5. The summed E-state index contributed by atoms with van der Waals surface area (Å²) in [4.78, 5) is 15.6. The summed E-state index contributed by atoms with van der Waals surface area (Å²) in [6, 6.07) is 7.86. The Balaban J connectivity index is 0.00000220. The number of nitrogens with one attached hydrogen (secondary N) is 2. The van der Waals surface area contributed by atoms with E-state index in [1.54, 1.807) is 11.0 Å². The number of carbonyl (C=O) groups excluding carboxylic acids is 1. The average molecular weight is 310 g/mol. The third-order valence-corrected chi connectivity index (χ3v) is 2.91. The van der Waals surface area contributed by atoms with Gasteiger partial charge in [-0.2, -0.15) is 5.10 Å². The molecule has 2 aromatic rings. The molecule has 1 amide bonds. The lowest BCUT2D eigenvalue weighted by atomic mass is 10.2. The van der Waals surface area contributed by atoms with Gasteiger partial charge in [0.1, 0.15) is 12.7 Å². The Kier molecular flexibility index (Phi) is 7.42. The van der Waals surface area contributed by atoms with E-state index in [2.05, 4.69) is 20.7 Å². The van der Waals surface area contributed by atoms with Crippen molar-refractivity contribution in [1.29, 1.82) is 0 Å². The first-order chi connectivity index (χ1) is 9.79. The van der Waals surface area contributed by atoms with Gasteiger partial charge in [-0.25, -0.2) is 9.67 Å². The minimum Gasteiger partial charge on any atom is -0.352 e. The number of hydrogen-bond acceptors (Lipinski definition) is 4. The number of amides is 1. The zero-order chi connectivity index (χ0) is 14.2. The second-order valence-corrected chi connectivity index (χ2v) is 4.49. The Bertz CT molecular complexity index is 544. The van der Waals surface area contributed by atoms with Crippen molar-refractivity contribution in [2.24, 2.45) is 0 Å². The zero-order valence-electron chi connectivity index (χ0n) is 12.0. The second kappa shape index (κ2) is 9.10. The fraction of sp³-hybridized carbons (Fsp3) is 0.357. The Morgan fingerprint density at radius 1 is 1.38 bits per heavy atom. The lowest BCUT2D eigenvalue weighted by Gasteiger charge is -2.07. The normalized spacial score (nSPS) is 9.95. The molecule has 2 N–H and O–H groups in total. The molecule has 114 valence electrons. The average Bonchev–Trinajstić information content (AvgIpc) is 3.00. The predicted octanol–water partition coefficient (Wildman–Crippen LogP) is 1.30. The van der Waals surface area contributed by atoms with Crippen molar-refractivity contribution in [2.45, 2.75) is 19.4 Å². The Hall–Kier alpha value is -1.92. The summed E-state index contributed by atoms with van der Waals surface area (Å²) in [5.41, 5.74) is 1.98. The van der Waals surface area contributed by atoms with Crippen LogP contribution in [0.1, 0.15) is 18.4 Å². The molecule has 0 aliphatic carbocycles. The number of nitrogens with zero attached hydrogens (tertiary/aromatic N) is 3. The van der Waals surface area contributed by atoms with Gasteiger partial charge in [0.25, 0.3) is 0 Å². The first kappa shape index (κ1) is 17.1. The lowest BCUT2D eigenvalue weighted by molar-refractivity contribution is -0.121. The molecule has 0 atom stereocenters. The summed E-state index contributed by atoms with van der Waals surface area (Å²) in [6.45, 7) is 1.39. The summed E-state index contributed by atoms with van der Waals surface area (Å²) in [6.07, 6.45) is 4.54. The van der Waals surface area contributed by atoms with Crippen LogP contribution in [0.3, 0.4) is 0 Å². The van der Waals surface area contributed by atoms with Crippen molar-refractivity contribution in [3.05, 3.63) is 42.5 Å². The van der Waals surface area contributed by atoms with E-state index in [-0.39, 0.29) is 18.3 Å². The molecule has 0 aliphatic rings. The number of rotatable bonds is 7. The van der Waals surface area contributed by atoms with Crippen molar-refractivity contribution in [1.82, 2.24) is 25.4 Å². The van der Waals surface area contributed by atoms with Crippen LogP contribution in [0, 0.1) is 0 Å². The molecule has 0 aliphatic heterocycles. The smallest absolute Gasteiger partial charge is 0.220 e. The summed E-state index contributed by atoms with van der Waals surface area (Å²) in [5.74, 6) is 0.0754. The molecule has 0 saturated carbocycles. The van der Waals surface area contributed by atoms with Gasteiger partial charge in [-0.15, -0.1) is 12.4 Å². The fourth-order valence-corrected chi connectivity index (χ4v) is 1.87. The zero-order valence-corrected chi connectivity index (χ0v) is 12.8. The van der Waals surface area contributed by atoms with E-state index >= 15 is 0 Å². The van der Waals surface area contributed by atoms with Crippen molar-refractivity contribution in [2.75, 3.05) is 13.6 Å².